The molecule has 2 heterocycles. The molecule has 1 aliphatic rings. The summed E-state index contributed by atoms with van der Waals surface area (Å²) in [7, 11) is 1.81. The molecule has 0 fully saturated rings. The molecule has 5 nitrogen and oxygen atoms in total. The van der Waals surface area contributed by atoms with Gasteiger partial charge in [-0.1, -0.05) is 36.4 Å². The topological polar surface area (TPSA) is 51.7 Å². The minimum atomic E-state index is -0.0259. The Labute approximate surface area is 162 Å². The molecule has 138 valence electrons. The number of carbonyl (C=O) groups excluding carboxylic acids is 1. The Morgan fingerprint density at radius 3 is 2.63 bits per heavy atom. The maximum Gasteiger partial charge on any atom is 0.265 e. The van der Waals surface area contributed by atoms with E-state index in [2.05, 4.69) is 4.98 Å². The molecule has 0 atom stereocenters. The molecule has 0 bridgehead atoms. The van der Waals surface area contributed by atoms with E-state index < -0.39 is 0 Å². The van der Waals surface area contributed by atoms with Gasteiger partial charge in [0.25, 0.3) is 5.91 Å². The van der Waals surface area contributed by atoms with Crippen LogP contribution in [0.1, 0.15) is 20.9 Å². The summed E-state index contributed by atoms with van der Waals surface area (Å²) < 4.78 is 11.2. The van der Waals surface area contributed by atoms with E-state index in [0.717, 1.165) is 33.3 Å². The van der Waals surface area contributed by atoms with Crippen LogP contribution in [0.2, 0.25) is 0 Å². The van der Waals surface area contributed by atoms with Crippen LogP contribution in [-0.4, -0.2) is 36.1 Å². The second kappa shape index (κ2) is 7.40. The second-order valence-electron chi connectivity index (χ2n) is 6.44. The Hall–Kier alpha value is -2.86. The molecule has 3 aromatic rings. The molecular weight excluding hydrogens is 360 g/mol. The minimum Gasteiger partial charge on any atom is -0.486 e. The number of fused-ring (bicyclic) bond motifs is 1. The average Bonchev–Trinajstić information content (AvgIpc) is 3.09. The monoisotopic (exact) mass is 380 g/mol. The van der Waals surface area contributed by atoms with Gasteiger partial charge in [-0.15, -0.1) is 11.3 Å². The SMILES string of the molecule is Cc1nc(-c2ccccc2)sc1C(=O)N(C)Cc1ccc2c(c1)OCCO2. The Morgan fingerprint density at radius 2 is 1.85 bits per heavy atom. The number of nitrogens with zero attached hydrogens (tertiary/aromatic N) is 2. The fraction of sp³-hybridized carbons (Fsp3) is 0.238. The largest absolute Gasteiger partial charge is 0.486 e. The highest BCUT2D eigenvalue weighted by molar-refractivity contribution is 7.17. The van der Waals surface area contributed by atoms with Crippen LogP contribution < -0.4 is 9.47 Å². The molecular formula is C21H20N2O3S. The van der Waals surface area contributed by atoms with Crippen LogP contribution in [0.4, 0.5) is 0 Å². The van der Waals surface area contributed by atoms with E-state index in [-0.39, 0.29) is 5.91 Å². The lowest BCUT2D eigenvalue weighted by atomic mass is 10.2. The molecule has 0 saturated carbocycles. The number of carbonyl (C=O) groups is 1. The highest BCUT2D eigenvalue weighted by Crippen LogP contribution is 2.32. The van der Waals surface area contributed by atoms with Crippen molar-refractivity contribution in [2.75, 3.05) is 20.3 Å². The van der Waals surface area contributed by atoms with Crippen molar-refractivity contribution in [1.29, 1.82) is 0 Å². The number of aromatic nitrogens is 1. The van der Waals surface area contributed by atoms with E-state index in [0.29, 0.717) is 24.6 Å². The number of thiazole rings is 1. The van der Waals surface area contributed by atoms with E-state index in [1.54, 1.807) is 11.9 Å². The van der Waals surface area contributed by atoms with Gasteiger partial charge in [0.2, 0.25) is 0 Å². The van der Waals surface area contributed by atoms with Gasteiger partial charge in [0, 0.05) is 19.2 Å². The summed E-state index contributed by atoms with van der Waals surface area (Å²) >= 11 is 1.44. The van der Waals surface area contributed by atoms with Crippen molar-refractivity contribution in [3.05, 3.63) is 64.7 Å². The van der Waals surface area contributed by atoms with E-state index >= 15 is 0 Å². The zero-order valence-electron chi connectivity index (χ0n) is 15.3. The maximum atomic E-state index is 12.9. The van der Waals surface area contributed by atoms with E-state index in [4.69, 9.17) is 9.47 Å². The standard InChI is InChI=1S/C21H20N2O3S/c1-14-19(27-20(22-14)16-6-4-3-5-7-16)21(24)23(2)13-15-8-9-17-18(12-15)26-11-10-25-17/h3-9,12H,10-11,13H2,1-2H3. The number of hydrogen-bond donors (Lipinski definition) is 0. The lowest BCUT2D eigenvalue weighted by molar-refractivity contribution is 0.0788. The first kappa shape index (κ1) is 17.5. The van der Waals surface area contributed by atoms with Crippen molar-refractivity contribution >= 4 is 17.2 Å². The Kier molecular flexibility index (Phi) is 4.81. The third-order valence-corrected chi connectivity index (χ3v) is 5.58. The predicted octanol–water partition coefficient (Wildman–Crippen LogP) is 4.16. The van der Waals surface area contributed by atoms with Crippen LogP contribution in [0.15, 0.2) is 48.5 Å². The van der Waals surface area contributed by atoms with Crippen molar-refractivity contribution in [2.24, 2.45) is 0 Å². The second-order valence-corrected chi connectivity index (χ2v) is 7.44. The summed E-state index contributed by atoms with van der Waals surface area (Å²) in [5.41, 5.74) is 2.79. The quantitative estimate of drug-likeness (QED) is 0.682. The van der Waals surface area contributed by atoms with Crippen molar-refractivity contribution in [2.45, 2.75) is 13.5 Å². The van der Waals surface area contributed by atoms with E-state index in [9.17, 15) is 4.79 Å². The summed E-state index contributed by atoms with van der Waals surface area (Å²) in [6.07, 6.45) is 0. The number of rotatable bonds is 4. The molecule has 1 amide bonds. The number of amides is 1. The fourth-order valence-electron chi connectivity index (χ4n) is 3.00. The van der Waals surface area contributed by atoms with Crippen LogP contribution in [0.25, 0.3) is 10.6 Å². The van der Waals surface area contributed by atoms with E-state index in [1.165, 1.54) is 11.3 Å². The lowest BCUT2D eigenvalue weighted by Crippen LogP contribution is -2.26. The predicted molar refractivity (Wildman–Crippen MR) is 106 cm³/mol. The van der Waals surface area contributed by atoms with E-state index in [1.807, 2.05) is 55.5 Å². The molecule has 0 saturated heterocycles. The van der Waals surface area contributed by atoms with Gasteiger partial charge in [0.15, 0.2) is 11.5 Å². The first-order valence-electron chi connectivity index (χ1n) is 8.78. The molecule has 4 rings (SSSR count). The van der Waals surface area contributed by atoms with Crippen LogP contribution in [0.5, 0.6) is 11.5 Å². The highest BCUT2D eigenvalue weighted by atomic mass is 32.1. The zero-order chi connectivity index (χ0) is 18.8. The molecule has 1 aromatic heterocycles. The van der Waals surface area contributed by atoms with Crippen LogP contribution in [0, 0.1) is 6.92 Å². The van der Waals surface area contributed by atoms with Crippen LogP contribution >= 0.6 is 11.3 Å². The third kappa shape index (κ3) is 3.66. The average molecular weight is 380 g/mol. The smallest absolute Gasteiger partial charge is 0.265 e. The normalized spacial score (nSPS) is 12.7. The maximum absolute atomic E-state index is 12.9. The van der Waals surface area contributed by atoms with Crippen molar-refractivity contribution in [3.8, 4) is 22.1 Å². The number of benzene rings is 2. The highest BCUT2D eigenvalue weighted by Gasteiger charge is 2.20. The summed E-state index contributed by atoms with van der Waals surface area (Å²) in [6.45, 7) is 3.49. The van der Waals surface area contributed by atoms with Crippen molar-refractivity contribution in [1.82, 2.24) is 9.88 Å². The summed E-state index contributed by atoms with van der Waals surface area (Å²) in [6, 6.07) is 15.7. The van der Waals surface area contributed by atoms with Gasteiger partial charge in [0.05, 0.1) is 5.69 Å². The molecule has 0 spiro atoms. The molecule has 6 heteroatoms. The Morgan fingerprint density at radius 1 is 1.11 bits per heavy atom. The first-order valence-corrected chi connectivity index (χ1v) is 9.60. The summed E-state index contributed by atoms with van der Waals surface area (Å²) in [5, 5.41) is 0.865. The van der Waals surface area contributed by atoms with Crippen LogP contribution in [0.3, 0.4) is 0 Å². The zero-order valence-corrected chi connectivity index (χ0v) is 16.1. The Balaban J connectivity index is 1.52. The van der Waals surface area contributed by atoms with Gasteiger partial charge in [-0.2, -0.15) is 0 Å². The molecule has 0 N–H and O–H groups in total. The van der Waals surface area contributed by atoms with Crippen molar-refractivity contribution in [3.63, 3.8) is 0 Å². The number of ether oxygens (including phenoxy) is 2. The third-order valence-electron chi connectivity index (χ3n) is 4.38. The molecule has 27 heavy (non-hydrogen) atoms. The fourth-order valence-corrected chi connectivity index (χ4v) is 4.07. The summed E-state index contributed by atoms with van der Waals surface area (Å²) in [5.74, 6) is 1.46. The van der Waals surface area contributed by atoms with Gasteiger partial charge in [0.1, 0.15) is 23.1 Å². The number of aryl methyl sites for hydroxylation is 1. The van der Waals surface area contributed by atoms with Gasteiger partial charge in [-0.05, 0) is 24.6 Å². The lowest BCUT2D eigenvalue weighted by Gasteiger charge is -2.21. The van der Waals surface area contributed by atoms with Gasteiger partial charge in [-0.3, -0.25) is 4.79 Å². The van der Waals surface area contributed by atoms with Gasteiger partial charge >= 0.3 is 0 Å². The molecule has 0 radical (unpaired) electrons. The van der Waals surface area contributed by atoms with Crippen LogP contribution in [-0.2, 0) is 6.54 Å². The molecule has 0 unspecified atom stereocenters. The number of hydrogen-bond acceptors (Lipinski definition) is 5. The van der Waals surface area contributed by atoms with Crippen molar-refractivity contribution < 1.29 is 14.3 Å². The molecule has 2 aromatic carbocycles. The summed E-state index contributed by atoms with van der Waals surface area (Å²) in [4.78, 5) is 19.9. The van der Waals surface area contributed by atoms with Gasteiger partial charge < -0.3 is 14.4 Å². The minimum absolute atomic E-state index is 0.0259. The van der Waals surface area contributed by atoms with Gasteiger partial charge in [-0.25, -0.2) is 4.98 Å². The first-order chi connectivity index (χ1) is 13.1. The Bertz CT molecular complexity index is 969. The molecule has 1 aliphatic heterocycles. The molecule has 0 aliphatic carbocycles.